The monoisotopic (exact) mass is 381 g/mol. The number of aromatic nitrogens is 3. The van der Waals surface area contributed by atoms with E-state index in [4.69, 9.17) is 14.2 Å². The van der Waals surface area contributed by atoms with E-state index in [0.717, 1.165) is 0 Å². The Balaban J connectivity index is 1.79. The van der Waals surface area contributed by atoms with Crippen LogP contribution in [-0.2, 0) is 4.74 Å². The van der Waals surface area contributed by atoms with Crippen molar-refractivity contribution in [1.82, 2.24) is 15.4 Å². The average Bonchev–Trinajstić information content (AvgIpc) is 3.22. The molecule has 3 rings (SSSR count). The van der Waals surface area contributed by atoms with Crippen LogP contribution in [0.25, 0.3) is 11.3 Å². The van der Waals surface area contributed by atoms with E-state index in [-0.39, 0.29) is 24.7 Å². The van der Waals surface area contributed by atoms with Gasteiger partial charge in [-0.15, -0.1) is 5.10 Å². The van der Waals surface area contributed by atoms with Crippen molar-refractivity contribution in [2.24, 2.45) is 0 Å². The summed E-state index contributed by atoms with van der Waals surface area (Å²) in [5.41, 5.74) is 1.58. The minimum absolute atomic E-state index is 0.0804. The fraction of sp³-hybridized carbons (Fsp3) is 0.200. The van der Waals surface area contributed by atoms with Crippen LogP contribution < -0.4 is 9.47 Å². The Morgan fingerprint density at radius 3 is 2.54 bits per heavy atom. The fourth-order valence-electron chi connectivity index (χ4n) is 2.56. The maximum absolute atomic E-state index is 12.2. The van der Waals surface area contributed by atoms with E-state index < -0.39 is 5.97 Å². The van der Waals surface area contributed by atoms with Gasteiger partial charge in [-0.3, -0.25) is 4.79 Å². The smallest absolute Gasteiger partial charge is 0.361 e. The quantitative estimate of drug-likeness (QED) is 0.473. The lowest BCUT2D eigenvalue weighted by Gasteiger charge is -2.11. The number of hydrogen-bond donors (Lipinski definition) is 1. The molecule has 1 aromatic heterocycles. The Hall–Kier alpha value is -3.68. The van der Waals surface area contributed by atoms with Crippen LogP contribution >= 0.6 is 0 Å². The molecule has 0 aliphatic carbocycles. The second-order valence-electron chi connectivity index (χ2n) is 5.68. The van der Waals surface area contributed by atoms with Crippen molar-refractivity contribution < 1.29 is 23.8 Å². The molecule has 0 spiro atoms. The zero-order valence-corrected chi connectivity index (χ0v) is 15.5. The van der Waals surface area contributed by atoms with E-state index in [0.29, 0.717) is 28.3 Å². The van der Waals surface area contributed by atoms with Gasteiger partial charge in [0.25, 0.3) is 0 Å². The van der Waals surface area contributed by atoms with Crippen LogP contribution in [0.4, 0.5) is 0 Å². The van der Waals surface area contributed by atoms with Crippen LogP contribution in [-0.4, -0.2) is 47.5 Å². The second kappa shape index (κ2) is 8.81. The molecule has 28 heavy (non-hydrogen) atoms. The van der Waals surface area contributed by atoms with Gasteiger partial charge in [-0.05, 0) is 25.1 Å². The Bertz CT molecular complexity index is 969. The summed E-state index contributed by atoms with van der Waals surface area (Å²) >= 11 is 0. The number of ketones is 1. The molecule has 144 valence electrons. The van der Waals surface area contributed by atoms with Crippen molar-refractivity contribution in [2.75, 3.05) is 20.3 Å². The standard InChI is InChI=1S/C20H19N3O5/c1-3-27-20(25)19-18(21-23-22-19)14-9-10-16(17(11-14)26-2)28-12-15(24)13-7-5-4-6-8-13/h4-11H,3,12H2,1-2H3,(H,21,22,23). The molecule has 3 aromatic rings. The summed E-state index contributed by atoms with van der Waals surface area (Å²) in [5.74, 6) is 0.0831. The van der Waals surface area contributed by atoms with E-state index in [1.54, 1.807) is 49.4 Å². The summed E-state index contributed by atoms with van der Waals surface area (Å²) in [6.07, 6.45) is 0. The first-order chi connectivity index (χ1) is 13.6. The van der Waals surface area contributed by atoms with E-state index >= 15 is 0 Å². The lowest BCUT2D eigenvalue weighted by molar-refractivity contribution is 0.0520. The number of hydrogen-bond acceptors (Lipinski definition) is 7. The van der Waals surface area contributed by atoms with E-state index in [1.165, 1.54) is 7.11 Å². The summed E-state index contributed by atoms with van der Waals surface area (Å²) in [4.78, 5) is 24.2. The molecule has 0 aliphatic rings. The first-order valence-corrected chi connectivity index (χ1v) is 8.61. The molecule has 2 aromatic carbocycles. The maximum Gasteiger partial charge on any atom is 0.361 e. The van der Waals surface area contributed by atoms with Gasteiger partial charge in [0.2, 0.25) is 0 Å². The van der Waals surface area contributed by atoms with Crippen molar-refractivity contribution in [1.29, 1.82) is 0 Å². The van der Waals surface area contributed by atoms with Gasteiger partial charge >= 0.3 is 5.97 Å². The number of nitrogens with zero attached hydrogens (tertiary/aromatic N) is 2. The molecule has 0 amide bonds. The van der Waals surface area contributed by atoms with Crippen LogP contribution in [0.2, 0.25) is 0 Å². The molecule has 0 unspecified atom stereocenters. The summed E-state index contributed by atoms with van der Waals surface area (Å²) in [5, 5.41) is 10.3. The maximum atomic E-state index is 12.2. The predicted octanol–water partition coefficient (Wildman–Crippen LogP) is 2.92. The Kier molecular flexibility index (Phi) is 6.01. The lowest BCUT2D eigenvalue weighted by Crippen LogP contribution is -2.12. The first kappa shape index (κ1) is 19.1. The van der Waals surface area contributed by atoms with Crippen LogP contribution in [0, 0.1) is 0 Å². The highest BCUT2D eigenvalue weighted by atomic mass is 16.5. The minimum Gasteiger partial charge on any atom is -0.493 e. The van der Waals surface area contributed by atoms with Crippen LogP contribution in [0.3, 0.4) is 0 Å². The van der Waals surface area contributed by atoms with Gasteiger partial charge in [0.15, 0.2) is 29.6 Å². The SMILES string of the molecule is CCOC(=O)c1n[nH]nc1-c1ccc(OCC(=O)c2ccccc2)c(OC)c1. The molecule has 0 atom stereocenters. The van der Waals surface area contributed by atoms with Crippen molar-refractivity contribution in [3.8, 4) is 22.8 Å². The van der Waals surface area contributed by atoms with E-state index in [9.17, 15) is 9.59 Å². The van der Waals surface area contributed by atoms with Gasteiger partial charge in [0, 0.05) is 11.1 Å². The van der Waals surface area contributed by atoms with Gasteiger partial charge < -0.3 is 14.2 Å². The number of carbonyl (C=O) groups excluding carboxylic acids is 2. The van der Waals surface area contributed by atoms with Gasteiger partial charge in [-0.25, -0.2) is 4.79 Å². The number of esters is 1. The van der Waals surface area contributed by atoms with Crippen molar-refractivity contribution in [3.63, 3.8) is 0 Å². The molecule has 0 saturated carbocycles. The third-order valence-corrected chi connectivity index (χ3v) is 3.91. The number of carbonyl (C=O) groups is 2. The van der Waals surface area contributed by atoms with Gasteiger partial charge in [0.1, 0.15) is 5.69 Å². The van der Waals surface area contributed by atoms with Crippen LogP contribution in [0.5, 0.6) is 11.5 Å². The molecule has 8 heteroatoms. The fourth-order valence-corrected chi connectivity index (χ4v) is 2.56. The molecule has 0 aliphatic heterocycles. The Morgan fingerprint density at radius 2 is 1.82 bits per heavy atom. The summed E-state index contributed by atoms with van der Waals surface area (Å²) < 4.78 is 16.0. The lowest BCUT2D eigenvalue weighted by atomic mass is 10.1. The number of methoxy groups -OCH3 is 1. The van der Waals surface area contributed by atoms with Crippen molar-refractivity contribution in [2.45, 2.75) is 6.92 Å². The van der Waals surface area contributed by atoms with Crippen LogP contribution in [0.1, 0.15) is 27.8 Å². The Morgan fingerprint density at radius 1 is 1.04 bits per heavy atom. The third-order valence-electron chi connectivity index (χ3n) is 3.91. The van der Waals surface area contributed by atoms with Gasteiger partial charge in [-0.2, -0.15) is 10.3 Å². The molecule has 0 saturated heterocycles. The molecule has 1 N–H and O–H groups in total. The third kappa shape index (κ3) is 4.17. The number of H-pyrrole nitrogens is 1. The number of ether oxygens (including phenoxy) is 3. The largest absolute Gasteiger partial charge is 0.493 e. The number of benzene rings is 2. The van der Waals surface area contributed by atoms with Crippen LogP contribution in [0.15, 0.2) is 48.5 Å². The molecule has 0 bridgehead atoms. The molecule has 1 heterocycles. The average molecular weight is 381 g/mol. The zero-order chi connectivity index (χ0) is 19.9. The second-order valence-corrected chi connectivity index (χ2v) is 5.68. The van der Waals surface area contributed by atoms with E-state index in [2.05, 4.69) is 15.4 Å². The normalized spacial score (nSPS) is 10.4. The molecular weight excluding hydrogens is 362 g/mol. The highest BCUT2D eigenvalue weighted by molar-refractivity contribution is 5.97. The summed E-state index contributed by atoms with van der Waals surface area (Å²) in [7, 11) is 1.49. The molecule has 0 radical (unpaired) electrons. The summed E-state index contributed by atoms with van der Waals surface area (Å²) in [6.45, 7) is 1.82. The minimum atomic E-state index is -0.570. The number of nitrogens with one attached hydrogen (secondary N) is 1. The highest BCUT2D eigenvalue weighted by Gasteiger charge is 2.20. The summed E-state index contributed by atoms with van der Waals surface area (Å²) in [6, 6.07) is 13.9. The number of rotatable bonds is 8. The molecule has 8 nitrogen and oxygen atoms in total. The molecular formula is C20H19N3O5. The number of aromatic amines is 1. The van der Waals surface area contributed by atoms with Crippen molar-refractivity contribution in [3.05, 3.63) is 59.8 Å². The molecule has 0 fully saturated rings. The van der Waals surface area contributed by atoms with E-state index in [1.807, 2.05) is 6.07 Å². The number of Topliss-reactive ketones (excluding diaryl/α,β-unsaturated/α-hetero) is 1. The highest BCUT2D eigenvalue weighted by Crippen LogP contribution is 2.33. The first-order valence-electron chi connectivity index (χ1n) is 8.61. The topological polar surface area (TPSA) is 103 Å². The Labute approximate surface area is 161 Å². The van der Waals surface area contributed by atoms with Gasteiger partial charge in [-0.1, -0.05) is 30.3 Å². The predicted molar refractivity (Wildman–Crippen MR) is 101 cm³/mol. The van der Waals surface area contributed by atoms with Gasteiger partial charge in [0.05, 0.1) is 13.7 Å². The van der Waals surface area contributed by atoms with Crippen molar-refractivity contribution >= 4 is 11.8 Å². The zero-order valence-electron chi connectivity index (χ0n) is 15.5.